The zero-order valence-corrected chi connectivity index (χ0v) is 22.8. The van der Waals surface area contributed by atoms with Crippen molar-refractivity contribution in [2.24, 2.45) is 0 Å². The molecule has 2 N–H and O–H groups in total. The maximum Gasteiger partial charge on any atom is 0.281 e. The highest BCUT2D eigenvalue weighted by Gasteiger charge is 2.46. The zero-order valence-electron chi connectivity index (χ0n) is 22.0. The minimum absolute atomic E-state index is 0.00606. The van der Waals surface area contributed by atoms with E-state index in [-0.39, 0.29) is 17.6 Å². The van der Waals surface area contributed by atoms with E-state index in [1.807, 2.05) is 18.2 Å². The van der Waals surface area contributed by atoms with Gasteiger partial charge in [-0.15, -0.1) is 0 Å². The van der Waals surface area contributed by atoms with Crippen LogP contribution in [-0.4, -0.2) is 70.7 Å². The second-order valence-electron chi connectivity index (χ2n) is 10.3. The molecule has 1 aliphatic heterocycles. The summed E-state index contributed by atoms with van der Waals surface area (Å²) in [5.41, 5.74) is 1.63. The minimum Gasteiger partial charge on any atom is -0.346 e. The molecule has 0 radical (unpaired) electrons. The summed E-state index contributed by atoms with van der Waals surface area (Å²) in [5.74, 6) is -0.00775. The van der Waals surface area contributed by atoms with E-state index < -0.39 is 32.8 Å². The third kappa shape index (κ3) is 5.70. The van der Waals surface area contributed by atoms with Crippen LogP contribution in [0.15, 0.2) is 53.8 Å². The average Bonchev–Trinajstić information content (AvgIpc) is 3.72. The van der Waals surface area contributed by atoms with Crippen LogP contribution < -0.4 is 15.5 Å². The summed E-state index contributed by atoms with van der Waals surface area (Å²) in [4.78, 5) is 36.1. The molecule has 1 amide bonds. The van der Waals surface area contributed by atoms with Gasteiger partial charge in [0.05, 0.1) is 39.6 Å². The van der Waals surface area contributed by atoms with Gasteiger partial charge >= 0.3 is 0 Å². The van der Waals surface area contributed by atoms with E-state index in [0.29, 0.717) is 28.5 Å². The molecular formula is C27H26F2N8O3S. The summed E-state index contributed by atoms with van der Waals surface area (Å²) < 4.78 is 50.3. The fourth-order valence-corrected chi connectivity index (χ4v) is 5.73. The van der Waals surface area contributed by atoms with Gasteiger partial charge in [0, 0.05) is 55.4 Å². The first-order valence-electron chi connectivity index (χ1n) is 13.0. The highest BCUT2D eigenvalue weighted by atomic mass is 32.2. The summed E-state index contributed by atoms with van der Waals surface area (Å²) in [6.45, 7) is 2.60. The molecule has 2 aliphatic rings. The number of nitrogens with one attached hydrogen (secondary N) is 2. The van der Waals surface area contributed by atoms with Crippen molar-refractivity contribution in [1.29, 1.82) is 0 Å². The Kier molecular flexibility index (Phi) is 6.82. The van der Waals surface area contributed by atoms with Crippen molar-refractivity contribution in [3.8, 4) is 11.4 Å². The second kappa shape index (κ2) is 10.3. The molecule has 0 atom stereocenters. The molecule has 14 heteroatoms. The highest BCUT2D eigenvalue weighted by molar-refractivity contribution is 7.90. The zero-order chi connectivity index (χ0) is 28.8. The quantitative estimate of drug-likeness (QED) is 0.335. The first-order chi connectivity index (χ1) is 19.6. The lowest BCUT2D eigenvalue weighted by molar-refractivity contribution is 0.0948. The molecule has 2 fully saturated rings. The van der Waals surface area contributed by atoms with Crippen LogP contribution in [0.2, 0.25) is 0 Å². The van der Waals surface area contributed by atoms with E-state index in [2.05, 4.69) is 30.5 Å². The first kappa shape index (κ1) is 27.0. The van der Waals surface area contributed by atoms with E-state index in [9.17, 15) is 22.0 Å². The molecule has 11 nitrogen and oxygen atoms in total. The summed E-state index contributed by atoms with van der Waals surface area (Å²) >= 11 is 0. The Hall–Kier alpha value is -4.17. The molecule has 0 unspecified atom stereocenters. The molecule has 1 saturated heterocycles. The topological polar surface area (TPSA) is 143 Å². The third-order valence-electron chi connectivity index (χ3n) is 7.23. The van der Waals surface area contributed by atoms with Gasteiger partial charge in [-0.25, -0.2) is 32.2 Å². The number of piperazine rings is 1. The van der Waals surface area contributed by atoms with Gasteiger partial charge < -0.3 is 15.5 Å². The molecule has 1 spiro atoms. The van der Waals surface area contributed by atoms with Gasteiger partial charge in [0.2, 0.25) is 5.95 Å². The summed E-state index contributed by atoms with van der Waals surface area (Å²) in [7, 11) is -4.02. The monoisotopic (exact) mass is 580 g/mol. The lowest BCUT2D eigenvalue weighted by Gasteiger charge is -2.34. The van der Waals surface area contributed by atoms with Gasteiger partial charge in [-0.1, -0.05) is 0 Å². The molecule has 0 bridgehead atoms. The summed E-state index contributed by atoms with van der Waals surface area (Å²) in [6, 6.07) is 8.21. The molecule has 212 valence electrons. The smallest absolute Gasteiger partial charge is 0.281 e. The van der Waals surface area contributed by atoms with Crippen molar-refractivity contribution in [3.63, 3.8) is 0 Å². The third-order valence-corrected chi connectivity index (χ3v) is 8.35. The fourth-order valence-electron chi connectivity index (χ4n) is 4.87. The molecule has 41 heavy (non-hydrogen) atoms. The SMILES string of the molecule is CS(=O)(=O)c1cc(C(=O)NCc2cc3nc(-c4ccnc(N5CCNC6(CC6)C5)n4)ccc3cn2)cnc1C(F)F. The van der Waals surface area contributed by atoms with Crippen molar-refractivity contribution in [2.45, 2.75) is 36.2 Å². The van der Waals surface area contributed by atoms with E-state index in [1.54, 1.807) is 18.5 Å². The number of hydrogen-bond acceptors (Lipinski definition) is 10. The second-order valence-corrected chi connectivity index (χ2v) is 12.3. The summed E-state index contributed by atoms with van der Waals surface area (Å²) in [6.07, 6.45) is 4.31. The number of anilines is 1. The fraction of sp³-hybridized carbons (Fsp3) is 0.333. The molecule has 4 aromatic heterocycles. The lowest BCUT2D eigenvalue weighted by atomic mass is 10.2. The molecule has 4 aromatic rings. The van der Waals surface area contributed by atoms with Crippen LogP contribution >= 0.6 is 0 Å². The summed E-state index contributed by atoms with van der Waals surface area (Å²) in [5, 5.41) is 7.00. The predicted octanol–water partition coefficient (Wildman–Crippen LogP) is 2.70. The number of nitrogens with zero attached hydrogens (tertiary/aromatic N) is 6. The molecule has 1 saturated carbocycles. The maximum absolute atomic E-state index is 13.2. The van der Waals surface area contributed by atoms with Crippen LogP contribution in [0.3, 0.4) is 0 Å². The van der Waals surface area contributed by atoms with Crippen LogP contribution in [0.1, 0.15) is 41.0 Å². The first-order valence-corrected chi connectivity index (χ1v) is 14.8. The van der Waals surface area contributed by atoms with E-state index in [0.717, 1.165) is 56.4 Å². The Bertz CT molecular complexity index is 1770. The number of carbonyl (C=O) groups is 1. The standard InChI is InChI=1S/C27H26F2N8O3S/c1-41(39,40)22-10-17(13-32-23(22)24(28)29)25(38)33-14-18-11-21-16(12-31-18)2-3-19(35-21)20-4-7-30-26(36-20)37-9-8-34-27(15-37)5-6-27/h2-4,7,10-13,24,34H,5-6,8-9,14-15H2,1H3,(H,33,38). The maximum atomic E-state index is 13.2. The predicted molar refractivity (Wildman–Crippen MR) is 146 cm³/mol. The van der Waals surface area contributed by atoms with Crippen LogP contribution in [0.5, 0.6) is 0 Å². The van der Waals surface area contributed by atoms with Gasteiger partial charge in [0.15, 0.2) is 9.84 Å². The highest BCUT2D eigenvalue weighted by Crippen LogP contribution is 2.38. The van der Waals surface area contributed by atoms with Crippen LogP contribution in [-0.2, 0) is 16.4 Å². The number of pyridine rings is 3. The number of carbonyl (C=O) groups excluding carboxylic acids is 1. The number of alkyl halides is 2. The minimum atomic E-state index is -4.02. The van der Waals surface area contributed by atoms with E-state index in [1.165, 1.54) is 0 Å². The Morgan fingerprint density at radius 3 is 2.66 bits per heavy atom. The molecular weight excluding hydrogens is 554 g/mol. The number of sulfone groups is 1. The van der Waals surface area contributed by atoms with Gasteiger partial charge in [-0.05, 0) is 43.2 Å². The molecule has 1 aliphatic carbocycles. The number of amides is 1. The number of halogens is 2. The Balaban J connectivity index is 1.19. The van der Waals surface area contributed by atoms with Gasteiger partial charge in [0.1, 0.15) is 5.69 Å². The Morgan fingerprint density at radius 2 is 1.90 bits per heavy atom. The van der Waals surface area contributed by atoms with Crippen LogP contribution in [0.4, 0.5) is 14.7 Å². The normalized spacial score (nSPS) is 16.3. The molecule has 0 aromatic carbocycles. The van der Waals surface area contributed by atoms with E-state index >= 15 is 0 Å². The van der Waals surface area contributed by atoms with Gasteiger partial charge in [-0.2, -0.15) is 0 Å². The Labute approximate surface area is 234 Å². The van der Waals surface area contributed by atoms with E-state index in [4.69, 9.17) is 9.97 Å². The van der Waals surface area contributed by atoms with Crippen molar-refractivity contribution < 1.29 is 22.0 Å². The Morgan fingerprint density at radius 1 is 1.10 bits per heavy atom. The van der Waals surface area contributed by atoms with Gasteiger partial charge in [0.25, 0.3) is 12.3 Å². The van der Waals surface area contributed by atoms with Crippen LogP contribution in [0, 0.1) is 0 Å². The van der Waals surface area contributed by atoms with Crippen LogP contribution in [0.25, 0.3) is 22.3 Å². The lowest BCUT2D eigenvalue weighted by Crippen LogP contribution is -2.53. The number of rotatable bonds is 7. The number of aromatic nitrogens is 5. The van der Waals surface area contributed by atoms with Crippen molar-refractivity contribution in [2.75, 3.05) is 30.8 Å². The number of fused-ring (bicyclic) bond motifs is 1. The van der Waals surface area contributed by atoms with Crippen molar-refractivity contribution in [1.82, 2.24) is 35.6 Å². The van der Waals surface area contributed by atoms with Crippen molar-refractivity contribution >= 4 is 32.6 Å². The average molecular weight is 581 g/mol. The molecule has 5 heterocycles. The molecule has 6 rings (SSSR count). The number of hydrogen-bond donors (Lipinski definition) is 2. The van der Waals surface area contributed by atoms with Gasteiger partial charge in [-0.3, -0.25) is 14.8 Å². The van der Waals surface area contributed by atoms with Crippen molar-refractivity contribution in [3.05, 3.63) is 65.9 Å². The largest absolute Gasteiger partial charge is 0.346 e.